The monoisotopic (exact) mass is 292 g/mol. The van der Waals surface area contributed by atoms with Crippen LogP contribution in [0.4, 0.5) is 0 Å². The van der Waals surface area contributed by atoms with Crippen molar-refractivity contribution in [3.8, 4) is 17.2 Å². The quantitative estimate of drug-likeness (QED) is 0.834. The number of fused-ring (bicyclic) bond motifs is 1. The van der Waals surface area contributed by atoms with Crippen LogP contribution in [-0.4, -0.2) is 56.3 Å². The molecule has 0 spiro atoms. The lowest BCUT2D eigenvalue weighted by atomic mass is 10.1. The van der Waals surface area contributed by atoms with Gasteiger partial charge < -0.3 is 19.1 Å². The lowest BCUT2D eigenvalue weighted by Gasteiger charge is -2.20. The van der Waals surface area contributed by atoms with Crippen LogP contribution >= 0.6 is 0 Å². The van der Waals surface area contributed by atoms with Crippen molar-refractivity contribution in [2.24, 2.45) is 0 Å². The molecule has 21 heavy (non-hydrogen) atoms. The highest BCUT2D eigenvalue weighted by molar-refractivity contribution is 5.76. The number of amides is 1. The Labute approximate surface area is 124 Å². The lowest BCUT2D eigenvalue weighted by Crippen LogP contribution is -2.29. The van der Waals surface area contributed by atoms with Gasteiger partial charge in [0, 0.05) is 39.6 Å². The summed E-state index contributed by atoms with van der Waals surface area (Å²) in [5.41, 5.74) is 1.10. The number of nitrogens with zero attached hydrogens (tertiary/aromatic N) is 2. The molecular formula is C15H20N2O4. The normalized spacial score (nSPS) is 18.8. The number of carbonyl (C=O) groups is 1. The number of ether oxygens (including phenoxy) is 3. The smallest absolute Gasteiger partial charge is 0.231 e. The minimum atomic E-state index is 0.209. The van der Waals surface area contributed by atoms with Gasteiger partial charge in [-0.1, -0.05) is 0 Å². The lowest BCUT2D eigenvalue weighted by molar-refractivity contribution is -0.129. The van der Waals surface area contributed by atoms with Crippen molar-refractivity contribution in [1.82, 2.24) is 9.80 Å². The van der Waals surface area contributed by atoms with Gasteiger partial charge in [0.15, 0.2) is 11.5 Å². The molecule has 0 N–H and O–H groups in total. The van der Waals surface area contributed by atoms with Gasteiger partial charge in [-0.25, -0.2) is 0 Å². The highest BCUT2D eigenvalue weighted by Gasteiger charge is 2.22. The molecule has 0 bridgehead atoms. The maximum atomic E-state index is 11.7. The van der Waals surface area contributed by atoms with E-state index in [9.17, 15) is 4.79 Å². The summed E-state index contributed by atoms with van der Waals surface area (Å²) in [6.07, 6.45) is 0.568. The summed E-state index contributed by atoms with van der Waals surface area (Å²) in [5.74, 6) is 2.31. The number of rotatable bonds is 3. The second-order valence-electron chi connectivity index (χ2n) is 5.37. The molecule has 2 aliphatic heterocycles. The molecule has 0 atom stereocenters. The van der Waals surface area contributed by atoms with Crippen molar-refractivity contribution in [2.45, 2.75) is 13.0 Å². The fourth-order valence-electron chi connectivity index (χ4n) is 2.66. The molecule has 1 saturated heterocycles. The predicted octanol–water partition coefficient (Wildman–Crippen LogP) is 1.09. The SMILES string of the molecule is COc1cc(CN2CCC(=O)N(C)CC2)cc2c1OCO2. The Kier molecular flexibility index (Phi) is 3.88. The van der Waals surface area contributed by atoms with Gasteiger partial charge in [-0.15, -0.1) is 0 Å². The van der Waals surface area contributed by atoms with Gasteiger partial charge in [-0.2, -0.15) is 0 Å². The summed E-state index contributed by atoms with van der Waals surface area (Å²) in [6.45, 7) is 3.42. The first-order chi connectivity index (χ1) is 10.2. The first kappa shape index (κ1) is 14.0. The molecule has 6 heteroatoms. The van der Waals surface area contributed by atoms with Crippen LogP contribution < -0.4 is 14.2 Å². The largest absolute Gasteiger partial charge is 0.493 e. The number of carbonyl (C=O) groups excluding carboxylic acids is 1. The molecule has 1 amide bonds. The third-order valence-electron chi connectivity index (χ3n) is 3.94. The Hall–Kier alpha value is -1.95. The van der Waals surface area contributed by atoms with E-state index in [1.54, 1.807) is 12.0 Å². The Balaban J connectivity index is 1.74. The molecule has 1 fully saturated rings. The average Bonchev–Trinajstić information content (AvgIpc) is 2.90. The molecule has 3 rings (SSSR count). The van der Waals surface area contributed by atoms with Gasteiger partial charge in [-0.05, 0) is 17.7 Å². The van der Waals surface area contributed by atoms with Crippen molar-refractivity contribution in [2.75, 3.05) is 40.6 Å². The fourth-order valence-corrected chi connectivity index (χ4v) is 2.66. The Morgan fingerprint density at radius 2 is 2.10 bits per heavy atom. The van der Waals surface area contributed by atoms with Crippen molar-refractivity contribution in [3.05, 3.63) is 17.7 Å². The van der Waals surface area contributed by atoms with Gasteiger partial charge in [0.25, 0.3) is 0 Å². The molecule has 0 aliphatic carbocycles. The highest BCUT2D eigenvalue weighted by Crippen LogP contribution is 2.42. The molecule has 6 nitrogen and oxygen atoms in total. The first-order valence-electron chi connectivity index (χ1n) is 7.10. The molecule has 114 valence electrons. The second-order valence-corrected chi connectivity index (χ2v) is 5.37. The Morgan fingerprint density at radius 3 is 2.90 bits per heavy atom. The molecule has 2 aliphatic rings. The molecule has 0 unspecified atom stereocenters. The second kappa shape index (κ2) is 5.81. The predicted molar refractivity (Wildman–Crippen MR) is 76.6 cm³/mol. The van der Waals surface area contributed by atoms with E-state index < -0.39 is 0 Å². The van der Waals surface area contributed by atoms with Crippen LogP contribution in [0.3, 0.4) is 0 Å². The summed E-state index contributed by atoms with van der Waals surface area (Å²) in [5, 5.41) is 0. The standard InChI is InChI=1S/C15H20N2O4/c1-16-5-6-17(4-3-14(16)18)9-11-7-12(19-2)15-13(8-11)20-10-21-15/h7-8H,3-6,9-10H2,1-2H3. The molecule has 0 saturated carbocycles. The first-order valence-corrected chi connectivity index (χ1v) is 7.10. The van der Waals surface area contributed by atoms with E-state index in [1.165, 1.54) is 0 Å². The summed E-state index contributed by atoms with van der Waals surface area (Å²) in [4.78, 5) is 15.8. The summed E-state index contributed by atoms with van der Waals surface area (Å²) in [7, 11) is 3.48. The summed E-state index contributed by atoms with van der Waals surface area (Å²) >= 11 is 0. The molecule has 0 radical (unpaired) electrons. The van der Waals surface area contributed by atoms with Gasteiger partial charge in [0.2, 0.25) is 18.4 Å². The molecular weight excluding hydrogens is 272 g/mol. The minimum absolute atomic E-state index is 0.209. The number of benzene rings is 1. The molecule has 0 aromatic heterocycles. The van der Waals surface area contributed by atoms with Crippen LogP contribution in [0.2, 0.25) is 0 Å². The van der Waals surface area contributed by atoms with Crippen LogP contribution in [0, 0.1) is 0 Å². The van der Waals surface area contributed by atoms with E-state index in [-0.39, 0.29) is 12.7 Å². The summed E-state index contributed by atoms with van der Waals surface area (Å²) in [6, 6.07) is 3.96. The number of likely N-dealkylation sites (N-methyl/N-ethyl adjacent to an activating group) is 1. The van der Waals surface area contributed by atoms with E-state index in [0.29, 0.717) is 17.9 Å². The third kappa shape index (κ3) is 2.90. The number of methoxy groups -OCH3 is 1. The number of hydrogen-bond donors (Lipinski definition) is 0. The maximum absolute atomic E-state index is 11.7. The van der Waals surface area contributed by atoms with Crippen LogP contribution in [-0.2, 0) is 11.3 Å². The van der Waals surface area contributed by atoms with Gasteiger partial charge >= 0.3 is 0 Å². The van der Waals surface area contributed by atoms with Crippen molar-refractivity contribution < 1.29 is 19.0 Å². The van der Waals surface area contributed by atoms with E-state index in [4.69, 9.17) is 14.2 Å². The highest BCUT2D eigenvalue weighted by atomic mass is 16.7. The topological polar surface area (TPSA) is 51.2 Å². The van der Waals surface area contributed by atoms with Crippen molar-refractivity contribution in [3.63, 3.8) is 0 Å². The van der Waals surface area contributed by atoms with Crippen molar-refractivity contribution >= 4 is 5.91 Å². The molecule has 1 aromatic rings. The summed E-state index contributed by atoms with van der Waals surface area (Å²) < 4.78 is 16.2. The van der Waals surface area contributed by atoms with Gasteiger partial charge in [0.05, 0.1) is 7.11 Å². The third-order valence-corrected chi connectivity index (χ3v) is 3.94. The zero-order chi connectivity index (χ0) is 14.8. The maximum Gasteiger partial charge on any atom is 0.231 e. The van der Waals surface area contributed by atoms with E-state index in [0.717, 1.165) is 37.5 Å². The fraction of sp³-hybridized carbons (Fsp3) is 0.533. The van der Waals surface area contributed by atoms with Crippen LogP contribution in [0.1, 0.15) is 12.0 Å². The van der Waals surface area contributed by atoms with Crippen LogP contribution in [0.5, 0.6) is 17.2 Å². The Morgan fingerprint density at radius 1 is 1.24 bits per heavy atom. The molecule has 2 heterocycles. The zero-order valence-corrected chi connectivity index (χ0v) is 12.4. The van der Waals surface area contributed by atoms with Crippen LogP contribution in [0.25, 0.3) is 0 Å². The van der Waals surface area contributed by atoms with Gasteiger partial charge in [-0.3, -0.25) is 9.69 Å². The van der Waals surface area contributed by atoms with E-state index in [1.807, 2.05) is 19.2 Å². The zero-order valence-electron chi connectivity index (χ0n) is 12.4. The van der Waals surface area contributed by atoms with Gasteiger partial charge in [0.1, 0.15) is 0 Å². The average molecular weight is 292 g/mol. The molecule has 1 aromatic carbocycles. The van der Waals surface area contributed by atoms with Crippen LogP contribution in [0.15, 0.2) is 12.1 Å². The van der Waals surface area contributed by atoms with E-state index in [2.05, 4.69) is 4.90 Å². The number of hydrogen-bond acceptors (Lipinski definition) is 5. The Bertz CT molecular complexity index is 547. The van der Waals surface area contributed by atoms with E-state index >= 15 is 0 Å². The minimum Gasteiger partial charge on any atom is -0.493 e. The van der Waals surface area contributed by atoms with Crippen molar-refractivity contribution in [1.29, 1.82) is 0 Å².